The highest BCUT2D eigenvalue weighted by molar-refractivity contribution is 9.10. The second-order valence-corrected chi connectivity index (χ2v) is 3.39. The molecule has 13 heavy (non-hydrogen) atoms. The number of nitrogens with zero attached hydrogens (tertiary/aromatic N) is 1. The Morgan fingerprint density at radius 2 is 2.23 bits per heavy atom. The van der Waals surface area contributed by atoms with Crippen LogP contribution in [-0.4, -0.2) is 16.7 Å². The Morgan fingerprint density at radius 1 is 1.54 bits per heavy atom. The van der Waals surface area contributed by atoms with Gasteiger partial charge in [0.25, 0.3) is 5.92 Å². The molecular formula is C8H8BrF2NO. The normalized spacial score (nSPS) is 11.7. The number of alkyl halides is 2. The van der Waals surface area contributed by atoms with Crippen LogP contribution in [0.3, 0.4) is 0 Å². The van der Waals surface area contributed by atoms with Gasteiger partial charge in [-0.1, -0.05) is 0 Å². The van der Waals surface area contributed by atoms with E-state index < -0.39 is 19.0 Å². The van der Waals surface area contributed by atoms with E-state index in [4.69, 9.17) is 5.11 Å². The van der Waals surface area contributed by atoms with Crippen LogP contribution in [0.15, 0.2) is 22.9 Å². The van der Waals surface area contributed by atoms with Gasteiger partial charge in [-0.25, -0.2) is 8.78 Å². The molecule has 0 bridgehead atoms. The summed E-state index contributed by atoms with van der Waals surface area (Å²) in [5.41, 5.74) is -0.142. The Balaban J connectivity index is 2.99. The van der Waals surface area contributed by atoms with Crippen LogP contribution in [0.1, 0.15) is 12.0 Å². The molecule has 0 saturated carbocycles. The fourth-order valence-electron chi connectivity index (χ4n) is 0.947. The first-order valence-electron chi connectivity index (χ1n) is 3.66. The molecule has 0 aromatic carbocycles. The molecule has 1 rings (SSSR count). The van der Waals surface area contributed by atoms with Crippen molar-refractivity contribution >= 4 is 15.9 Å². The van der Waals surface area contributed by atoms with Gasteiger partial charge < -0.3 is 5.11 Å². The van der Waals surface area contributed by atoms with Crippen molar-refractivity contribution < 1.29 is 13.9 Å². The lowest BCUT2D eigenvalue weighted by molar-refractivity contribution is -0.0277. The van der Waals surface area contributed by atoms with Crippen molar-refractivity contribution in [3.8, 4) is 0 Å². The first kappa shape index (κ1) is 10.5. The predicted molar refractivity (Wildman–Crippen MR) is 47.5 cm³/mol. The molecule has 1 aromatic rings. The van der Waals surface area contributed by atoms with Crippen LogP contribution < -0.4 is 0 Å². The highest BCUT2D eigenvalue weighted by atomic mass is 79.9. The van der Waals surface area contributed by atoms with E-state index in [1.54, 1.807) is 0 Å². The van der Waals surface area contributed by atoms with Gasteiger partial charge in [0.1, 0.15) is 0 Å². The fourth-order valence-corrected chi connectivity index (χ4v) is 1.49. The number of halogens is 3. The highest BCUT2D eigenvalue weighted by Gasteiger charge is 2.32. The largest absolute Gasteiger partial charge is 0.396 e. The summed E-state index contributed by atoms with van der Waals surface area (Å²) in [5, 5.41) is 8.44. The monoisotopic (exact) mass is 251 g/mol. The van der Waals surface area contributed by atoms with Crippen molar-refractivity contribution in [3.63, 3.8) is 0 Å². The van der Waals surface area contributed by atoms with Crippen molar-refractivity contribution in [1.29, 1.82) is 0 Å². The van der Waals surface area contributed by atoms with Gasteiger partial charge in [0.2, 0.25) is 0 Å². The molecule has 0 saturated heterocycles. The molecule has 0 fully saturated rings. The molecule has 5 heteroatoms. The van der Waals surface area contributed by atoms with Gasteiger partial charge in [-0.05, 0) is 22.0 Å². The topological polar surface area (TPSA) is 33.1 Å². The van der Waals surface area contributed by atoms with Gasteiger partial charge in [-0.15, -0.1) is 0 Å². The number of hydrogen-bond acceptors (Lipinski definition) is 2. The number of aromatic nitrogens is 1. The highest BCUT2D eigenvalue weighted by Crippen LogP contribution is 2.35. The quantitative estimate of drug-likeness (QED) is 0.895. The summed E-state index contributed by atoms with van der Waals surface area (Å²) in [4.78, 5) is 3.68. The summed E-state index contributed by atoms with van der Waals surface area (Å²) >= 11 is 2.98. The van der Waals surface area contributed by atoms with Crippen LogP contribution in [-0.2, 0) is 5.92 Å². The molecule has 2 nitrogen and oxygen atoms in total. The summed E-state index contributed by atoms with van der Waals surface area (Å²) < 4.78 is 26.7. The minimum absolute atomic E-state index is 0.142. The van der Waals surface area contributed by atoms with E-state index in [-0.39, 0.29) is 10.0 Å². The average molecular weight is 252 g/mol. The van der Waals surface area contributed by atoms with Gasteiger partial charge in [-0.2, -0.15) is 0 Å². The van der Waals surface area contributed by atoms with E-state index in [0.29, 0.717) is 0 Å². The zero-order valence-corrected chi connectivity index (χ0v) is 8.26. The van der Waals surface area contributed by atoms with E-state index in [1.807, 2.05) is 0 Å². The fraction of sp³-hybridized carbons (Fsp3) is 0.375. The molecule has 1 aromatic heterocycles. The van der Waals surface area contributed by atoms with Crippen molar-refractivity contribution in [1.82, 2.24) is 4.98 Å². The van der Waals surface area contributed by atoms with E-state index in [1.165, 1.54) is 18.5 Å². The molecule has 0 unspecified atom stereocenters. The maximum absolute atomic E-state index is 13.2. The molecule has 1 heterocycles. The first-order valence-corrected chi connectivity index (χ1v) is 4.46. The third-order valence-corrected chi connectivity index (χ3v) is 2.22. The number of hydrogen-bond donors (Lipinski definition) is 1. The molecule has 0 aliphatic heterocycles. The smallest absolute Gasteiger partial charge is 0.276 e. The predicted octanol–water partition coefficient (Wildman–Crippen LogP) is 2.32. The van der Waals surface area contributed by atoms with Crippen LogP contribution in [0.4, 0.5) is 8.78 Å². The Hall–Kier alpha value is -0.550. The van der Waals surface area contributed by atoms with Crippen molar-refractivity contribution in [3.05, 3.63) is 28.5 Å². The Bertz CT molecular complexity index is 293. The molecule has 1 N–H and O–H groups in total. The lowest BCUT2D eigenvalue weighted by atomic mass is 10.1. The van der Waals surface area contributed by atoms with Crippen LogP contribution in [0.2, 0.25) is 0 Å². The van der Waals surface area contributed by atoms with Crippen molar-refractivity contribution in [2.75, 3.05) is 6.61 Å². The molecule has 0 radical (unpaired) electrons. The third-order valence-electron chi connectivity index (χ3n) is 1.59. The Morgan fingerprint density at radius 3 is 2.77 bits per heavy atom. The number of aliphatic hydroxyl groups is 1. The van der Waals surface area contributed by atoms with E-state index in [2.05, 4.69) is 20.9 Å². The molecule has 0 spiro atoms. The van der Waals surface area contributed by atoms with Gasteiger partial charge in [0.05, 0.1) is 0 Å². The zero-order chi connectivity index (χ0) is 9.90. The van der Waals surface area contributed by atoms with Gasteiger partial charge >= 0.3 is 0 Å². The Kier molecular flexibility index (Phi) is 3.33. The van der Waals surface area contributed by atoms with Gasteiger partial charge in [0.15, 0.2) is 0 Å². The minimum atomic E-state index is -3.00. The van der Waals surface area contributed by atoms with Gasteiger partial charge in [0, 0.05) is 35.5 Å². The minimum Gasteiger partial charge on any atom is -0.396 e. The summed E-state index contributed by atoms with van der Waals surface area (Å²) in [7, 11) is 0. The second kappa shape index (κ2) is 4.11. The molecule has 0 aliphatic carbocycles. The summed E-state index contributed by atoms with van der Waals surface area (Å²) in [6.45, 7) is -0.540. The lowest BCUT2D eigenvalue weighted by Gasteiger charge is -2.16. The number of pyridine rings is 1. The summed E-state index contributed by atoms with van der Waals surface area (Å²) in [5.74, 6) is -3.00. The first-order chi connectivity index (χ1) is 6.08. The van der Waals surface area contributed by atoms with Gasteiger partial charge in [-0.3, -0.25) is 4.98 Å². The molecule has 0 aliphatic rings. The Labute approximate surface area is 82.7 Å². The molecule has 72 valence electrons. The third kappa shape index (κ3) is 2.45. The SMILES string of the molecule is OCCC(F)(F)c1ccncc1Br. The summed E-state index contributed by atoms with van der Waals surface area (Å²) in [6.07, 6.45) is 2.03. The second-order valence-electron chi connectivity index (χ2n) is 2.53. The molecule has 0 atom stereocenters. The molecular weight excluding hydrogens is 244 g/mol. The lowest BCUT2D eigenvalue weighted by Crippen LogP contribution is -2.15. The average Bonchev–Trinajstić information content (AvgIpc) is 2.04. The van der Waals surface area contributed by atoms with Crippen LogP contribution in [0.25, 0.3) is 0 Å². The van der Waals surface area contributed by atoms with E-state index in [9.17, 15) is 8.78 Å². The zero-order valence-electron chi connectivity index (χ0n) is 6.67. The molecule has 0 amide bonds. The van der Waals surface area contributed by atoms with E-state index in [0.717, 1.165) is 0 Å². The maximum Gasteiger partial charge on any atom is 0.276 e. The standard InChI is InChI=1S/C8H8BrF2NO/c9-7-5-12-3-1-6(7)8(10,11)2-4-13/h1,3,5,13H,2,4H2. The van der Waals surface area contributed by atoms with E-state index >= 15 is 0 Å². The maximum atomic E-state index is 13.2. The number of rotatable bonds is 3. The summed E-state index contributed by atoms with van der Waals surface area (Å²) in [6, 6.07) is 1.24. The van der Waals surface area contributed by atoms with Crippen LogP contribution in [0, 0.1) is 0 Å². The number of aliphatic hydroxyl groups excluding tert-OH is 1. The van der Waals surface area contributed by atoms with Crippen molar-refractivity contribution in [2.45, 2.75) is 12.3 Å². The van der Waals surface area contributed by atoms with Crippen LogP contribution >= 0.6 is 15.9 Å². The van der Waals surface area contributed by atoms with Crippen molar-refractivity contribution in [2.24, 2.45) is 0 Å². The van der Waals surface area contributed by atoms with Crippen LogP contribution in [0.5, 0.6) is 0 Å².